The first-order valence-electron chi connectivity index (χ1n) is 7.68. The van der Waals surface area contributed by atoms with E-state index >= 15 is 0 Å². The summed E-state index contributed by atoms with van der Waals surface area (Å²) < 4.78 is 27.1. The molecule has 0 unspecified atom stereocenters. The third-order valence-electron chi connectivity index (χ3n) is 3.81. The molecule has 1 fully saturated rings. The largest absolute Gasteiger partial charge is 0.296 e. The minimum atomic E-state index is -3.69. The molecule has 1 heterocycles. The molecule has 9 heteroatoms. The maximum absolute atomic E-state index is 12.3. The van der Waals surface area contributed by atoms with Crippen molar-refractivity contribution in [2.75, 3.05) is 5.32 Å². The lowest BCUT2D eigenvalue weighted by Gasteiger charge is -2.09. The molecule has 1 aromatic carbocycles. The Morgan fingerprint density at radius 3 is 2.71 bits per heavy atom. The summed E-state index contributed by atoms with van der Waals surface area (Å²) >= 11 is 0.846. The SMILES string of the molecule is Cc1cccc(C(=O)Nc2nnc(S(=O)(=O)NC3CCCC3)s2)c1. The summed E-state index contributed by atoms with van der Waals surface area (Å²) in [6, 6.07) is 7.06. The van der Waals surface area contributed by atoms with E-state index in [2.05, 4.69) is 20.2 Å². The van der Waals surface area contributed by atoms with Crippen LogP contribution in [0.2, 0.25) is 0 Å². The fourth-order valence-electron chi connectivity index (χ4n) is 2.64. The topological polar surface area (TPSA) is 101 Å². The zero-order valence-electron chi connectivity index (χ0n) is 13.2. The van der Waals surface area contributed by atoms with Crippen LogP contribution in [-0.2, 0) is 10.0 Å². The van der Waals surface area contributed by atoms with E-state index in [0.717, 1.165) is 42.6 Å². The van der Waals surface area contributed by atoms with Crippen molar-refractivity contribution in [2.45, 2.75) is 43.0 Å². The fraction of sp³-hybridized carbons (Fsp3) is 0.400. The summed E-state index contributed by atoms with van der Waals surface area (Å²) in [5, 5.41) is 10.2. The molecule has 1 saturated carbocycles. The van der Waals surface area contributed by atoms with Gasteiger partial charge < -0.3 is 0 Å². The maximum atomic E-state index is 12.3. The van der Waals surface area contributed by atoms with Crippen molar-refractivity contribution in [3.8, 4) is 0 Å². The van der Waals surface area contributed by atoms with Gasteiger partial charge in [-0.3, -0.25) is 10.1 Å². The molecule has 1 amide bonds. The molecule has 1 aliphatic carbocycles. The number of anilines is 1. The number of rotatable bonds is 5. The lowest BCUT2D eigenvalue weighted by atomic mass is 10.1. The number of nitrogens with one attached hydrogen (secondary N) is 2. The molecule has 0 aliphatic heterocycles. The van der Waals surface area contributed by atoms with Gasteiger partial charge in [0.1, 0.15) is 0 Å². The van der Waals surface area contributed by atoms with Gasteiger partial charge in [-0.05, 0) is 31.9 Å². The Bertz CT molecular complexity index is 842. The number of carbonyl (C=O) groups excluding carboxylic acids is 1. The van der Waals surface area contributed by atoms with E-state index in [0.29, 0.717) is 5.56 Å². The van der Waals surface area contributed by atoms with Gasteiger partial charge in [0.25, 0.3) is 15.9 Å². The second kappa shape index (κ2) is 6.96. The Morgan fingerprint density at radius 2 is 2.00 bits per heavy atom. The number of aromatic nitrogens is 2. The van der Waals surface area contributed by atoms with Crippen LogP contribution in [0.15, 0.2) is 28.6 Å². The van der Waals surface area contributed by atoms with Crippen LogP contribution >= 0.6 is 11.3 Å². The number of sulfonamides is 1. The standard InChI is InChI=1S/C15H18N4O3S2/c1-10-5-4-6-11(9-10)13(20)16-14-17-18-15(23-14)24(21,22)19-12-7-2-3-8-12/h4-6,9,12,19H,2-3,7-8H2,1H3,(H,16,17,20). The summed E-state index contributed by atoms with van der Waals surface area (Å²) in [5.41, 5.74) is 1.45. The highest BCUT2D eigenvalue weighted by atomic mass is 32.2. The molecule has 3 rings (SSSR count). The van der Waals surface area contributed by atoms with E-state index in [1.807, 2.05) is 13.0 Å². The Morgan fingerprint density at radius 1 is 1.25 bits per heavy atom. The van der Waals surface area contributed by atoms with E-state index in [-0.39, 0.29) is 21.4 Å². The van der Waals surface area contributed by atoms with E-state index in [1.54, 1.807) is 18.2 Å². The fourth-order valence-corrected chi connectivity index (χ4v) is 4.85. The zero-order chi connectivity index (χ0) is 17.2. The molecule has 1 aliphatic rings. The first-order valence-corrected chi connectivity index (χ1v) is 9.98. The summed E-state index contributed by atoms with van der Waals surface area (Å²) in [5.74, 6) is -0.345. The van der Waals surface area contributed by atoms with Crippen LogP contribution in [0.25, 0.3) is 0 Å². The van der Waals surface area contributed by atoms with E-state index in [4.69, 9.17) is 0 Å². The van der Waals surface area contributed by atoms with Crippen LogP contribution in [0.4, 0.5) is 5.13 Å². The van der Waals surface area contributed by atoms with Crippen molar-refractivity contribution in [3.05, 3.63) is 35.4 Å². The number of hydrogen-bond donors (Lipinski definition) is 2. The normalized spacial score (nSPS) is 15.5. The first-order chi connectivity index (χ1) is 11.4. The van der Waals surface area contributed by atoms with Gasteiger partial charge in [0.2, 0.25) is 9.47 Å². The number of nitrogens with zero attached hydrogens (tertiary/aromatic N) is 2. The molecule has 0 spiro atoms. The second-order valence-electron chi connectivity index (χ2n) is 5.80. The van der Waals surface area contributed by atoms with Gasteiger partial charge in [0.05, 0.1) is 0 Å². The Balaban J connectivity index is 1.69. The molecule has 128 valence electrons. The lowest BCUT2D eigenvalue weighted by molar-refractivity contribution is 0.102. The summed E-state index contributed by atoms with van der Waals surface area (Å²) in [7, 11) is -3.69. The molecule has 0 atom stereocenters. The van der Waals surface area contributed by atoms with Gasteiger partial charge in [0, 0.05) is 11.6 Å². The number of aryl methyl sites for hydroxylation is 1. The van der Waals surface area contributed by atoms with E-state index in [1.165, 1.54) is 0 Å². The molecule has 1 aromatic heterocycles. The molecule has 0 saturated heterocycles. The number of hydrogen-bond acceptors (Lipinski definition) is 6. The average Bonchev–Trinajstić information content (AvgIpc) is 3.19. The predicted octanol–water partition coefficient (Wildman–Crippen LogP) is 2.32. The zero-order valence-corrected chi connectivity index (χ0v) is 14.8. The Kier molecular flexibility index (Phi) is 4.93. The van der Waals surface area contributed by atoms with Gasteiger partial charge in [-0.25, -0.2) is 13.1 Å². The summed E-state index contributed by atoms with van der Waals surface area (Å²) in [4.78, 5) is 12.2. The molecule has 7 nitrogen and oxygen atoms in total. The maximum Gasteiger partial charge on any atom is 0.270 e. The molecule has 2 aromatic rings. The summed E-state index contributed by atoms with van der Waals surface area (Å²) in [6.45, 7) is 1.89. The first kappa shape index (κ1) is 17.0. The van der Waals surface area contributed by atoms with Gasteiger partial charge >= 0.3 is 0 Å². The van der Waals surface area contributed by atoms with Crippen LogP contribution in [0.1, 0.15) is 41.6 Å². The van der Waals surface area contributed by atoms with Crippen molar-refractivity contribution >= 4 is 32.4 Å². The number of benzene rings is 1. The molecular formula is C15H18N4O3S2. The van der Waals surface area contributed by atoms with Gasteiger partial charge in [0.15, 0.2) is 0 Å². The van der Waals surface area contributed by atoms with Crippen molar-refractivity contribution in [1.82, 2.24) is 14.9 Å². The average molecular weight is 366 g/mol. The highest BCUT2D eigenvalue weighted by Crippen LogP contribution is 2.24. The van der Waals surface area contributed by atoms with Crippen LogP contribution in [0, 0.1) is 6.92 Å². The second-order valence-corrected chi connectivity index (χ2v) is 8.66. The molecule has 0 bridgehead atoms. The highest BCUT2D eigenvalue weighted by Gasteiger charge is 2.26. The van der Waals surface area contributed by atoms with Gasteiger partial charge in [-0.1, -0.05) is 41.9 Å². The lowest BCUT2D eigenvalue weighted by Crippen LogP contribution is -2.32. The van der Waals surface area contributed by atoms with Crippen LogP contribution < -0.4 is 10.0 Å². The van der Waals surface area contributed by atoms with E-state index in [9.17, 15) is 13.2 Å². The molecule has 24 heavy (non-hydrogen) atoms. The predicted molar refractivity (Wildman–Crippen MR) is 91.6 cm³/mol. The van der Waals surface area contributed by atoms with Crippen molar-refractivity contribution < 1.29 is 13.2 Å². The molecule has 2 N–H and O–H groups in total. The van der Waals surface area contributed by atoms with Crippen LogP contribution in [0.3, 0.4) is 0 Å². The smallest absolute Gasteiger partial charge is 0.270 e. The molecular weight excluding hydrogens is 348 g/mol. The van der Waals surface area contributed by atoms with Crippen molar-refractivity contribution in [1.29, 1.82) is 0 Å². The van der Waals surface area contributed by atoms with Crippen LogP contribution in [-0.4, -0.2) is 30.6 Å². The third kappa shape index (κ3) is 3.97. The van der Waals surface area contributed by atoms with Gasteiger partial charge in [-0.15, -0.1) is 10.2 Å². The van der Waals surface area contributed by atoms with Crippen LogP contribution in [0.5, 0.6) is 0 Å². The Hall–Kier alpha value is -1.84. The highest BCUT2D eigenvalue weighted by molar-refractivity contribution is 7.91. The minimum Gasteiger partial charge on any atom is -0.296 e. The Labute approximate surface area is 144 Å². The van der Waals surface area contributed by atoms with Crippen molar-refractivity contribution in [2.24, 2.45) is 0 Å². The minimum absolute atomic E-state index is 0.0377. The van der Waals surface area contributed by atoms with E-state index < -0.39 is 10.0 Å². The summed E-state index contributed by atoms with van der Waals surface area (Å²) in [6.07, 6.45) is 3.74. The monoisotopic (exact) mass is 366 g/mol. The van der Waals surface area contributed by atoms with Crippen molar-refractivity contribution in [3.63, 3.8) is 0 Å². The van der Waals surface area contributed by atoms with Gasteiger partial charge in [-0.2, -0.15) is 0 Å². The number of amides is 1. The quantitative estimate of drug-likeness (QED) is 0.791. The molecule has 0 radical (unpaired) electrons. The number of carbonyl (C=O) groups is 1. The third-order valence-corrected chi connectivity index (χ3v) is 6.54.